The molecule has 150 valence electrons. The highest BCUT2D eigenvalue weighted by molar-refractivity contribution is 7.99. The van der Waals surface area contributed by atoms with Crippen LogP contribution in [0.1, 0.15) is 44.9 Å². The van der Waals surface area contributed by atoms with Crippen molar-refractivity contribution in [1.82, 2.24) is 14.9 Å². The molecule has 6 nitrogen and oxygen atoms in total. The van der Waals surface area contributed by atoms with Crippen LogP contribution < -0.4 is 10.2 Å². The Labute approximate surface area is 167 Å². The highest BCUT2D eigenvalue weighted by Crippen LogP contribution is 2.35. The molecule has 3 heterocycles. The highest BCUT2D eigenvalue weighted by atomic mass is 32.2. The van der Waals surface area contributed by atoms with Crippen molar-refractivity contribution in [2.45, 2.75) is 56.5 Å². The largest absolute Gasteiger partial charge is 0.394 e. The molecule has 2 N–H and O–H groups in total. The fourth-order valence-electron chi connectivity index (χ4n) is 5.04. The molecule has 0 aromatic carbocycles. The standard InChI is InChI=1S/C20H33N5OS/c26-14-17-5-4-8-25(17)19-13-18(22-16-23-19)21-15-20(6-2-1-3-7-20)24-9-11-27-12-10-24/h13,16-17,26H,1-12,14-15H2,(H,21,22,23). The molecule has 4 rings (SSSR count). The predicted molar refractivity (Wildman–Crippen MR) is 113 cm³/mol. The average molecular weight is 392 g/mol. The van der Waals surface area contributed by atoms with Crippen molar-refractivity contribution >= 4 is 23.4 Å². The number of nitrogens with zero attached hydrogens (tertiary/aromatic N) is 4. The van der Waals surface area contributed by atoms with Crippen LogP contribution in [0.4, 0.5) is 11.6 Å². The average Bonchev–Trinajstić information content (AvgIpc) is 3.23. The highest BCUT2D eigenvalue weighted by Gasteiger charge is 2.38. The topological polar surface area (TPSA) is 64.5 Å². The van der Waals surface area contributed by atoms with Gasteiger partial charge in [0.05, 0.1) is 12.6 Å². The fourth-order valence-corrected chi connectivity index (χ4v) is 5.94. The van der Waals surface area contributed by atoms with Gasteiger partial charge in [-0.05, 0) is 25.7 Å². The van der Waals surface area contributed by atoms with Gasteiger partial charge in [-0.3, -0.25) is 4.90 Å². The second-order valence-corrected chi connectivity index (χ2v) is 9.40. The summed E-state index contributed by atoms with van der Waals surface area (Å²) in [4.78, 5) is 13.9. The Hall–Kier alpha value is -1.05. The zero-order valence-electron chi connectivity index (χ0n) is 16.3. The van der Waals surface area contributed by atoms with Gasteiger partial charge in [-0.2, -0.15) is 11.8 Å². The summed E-state index contributed by atoms with van der Waals surface area (Å²) in [7, 11) is 0. The summed E-state index contributed by atoms with van der Waals surface area (Å²) in [5, 5.41) is 13.3. The number of thioether (sulfide) groups is 1. The van der Waals surface area contributed by atoms with Gasteiger partial charge in [-0.25, -0.2) is 9.97 Å². The van der Waals surface area contributed by atoms with Crippen LogP contribution in [0.5, 0.6) is 0 Å². The van der Waals surface area contributed by atoms with E-state index >= 15 is 0 Å². The molecule has 2 saturated heterocycles. The maximum Gasteiger partial charge on any atom is 0.134 e. The van der Waals surface area contributed by atoms with Gasteiger partial charge >= 0.3 is 0 Å². The van der Waals surface area contributed by atoms with E-state index in [0.29, 0.717) is 0 Å². The quantitative estimate of drug-likeness (QED) is 0.773. The predicted octanol–water partition coefficient (Wildman–Crippen LogP) is 2.60. The van der Waals surface area contributed by atoms with Gasteiger partial charge in [-0.1, -0.05) is 19.3 Å². The first-order valence-corrected chi connectivity index (χ1v) is 11.7. The molecule has 1 unspecified atom stereocenters. The first-order valence-electron chi connectivity index (χ1n) is 10.6. The molecular weight excluding hydrogens is 358 g/mol. The molecule has 0 spiro atoms. The van der Waals surface area contributed by atoms with Crippen LogP contribution in [0.15, 0.2) is 12.4 Å². The molecule has 27 heavy (non-hydrogen) atoms. The molecular formula is C20H33N5OS. The molecule has 3 fully saturated rings. The van der Waals surface area contributed by atoms with E-state index in [1.54, 1.807) is 6.33 Å². The van der Waals surface area contributed by atoms with Crippen LogP contribution in [0, 0.1) is 0 Å². The van der Waals surface area contributed by atoms with Gasteiger partial charge in [0.1, 0.15) is 18.0 Å². The van der Waals surface area contributed by atoms with Crippen molar-refractivity contribution in [3.8, 4) is 0 Å². The van der Waals surface area contributed by atoms with Gasteiger partial charge in [0.25, 0.3) is 0 Å². The number of nitrogens with one attached hydrogen (secondary N) is 1. The smallest absolute Gasteiger partial charge is 0.134 e. The van der Waals surface area contributed by atoms with Crippen LogP contribution >= 0.6 is 11.8 Å². The molecule has 1 saturated carbocycles. The summed E-state index contributed by atoms with van der Waals surface area (Å²) < 4.78 is 0. The number of hydrogen-bond donors (Lipinski definition) is 2. The fraction of sp³-hybridized carbons (Fsp3) is 0.800. The number of anilines is 2. The summed E-state index contributed by atoms with van der Waals surface area (Å²) in [5.41, 5.74) is 0.283. The van der Waals surface area contributed by atoms with Crippen molar-refractivity contribution < 1.29 is 5.11 Å². The maximum absolute atomic E-state index is 9.61. The van der Waals surface area contributed by atoms with E-state index in [4.69, 9.17) is 0 Å². The van der Waals surface area contributed by atoms with E-state index in [1.807, 2.05) is 0 Å². The zero-order chi connectivity index (χ0) is 18.5. The Balaban J connectivity index is 1.45. The van der Waals surface area contributed by atoms with Crippen LogP contribution in [0.25, 0.3) is 0 Å². The molecule has 1 atom stereocenters. The van der Waals surface area contributed by atoms with E-state index in [-0.39, 0.29) is 18.2 Å². The van der Waals surface area contributed by atoms with Crippen molar-refractivity contribution in [2.75, 3.05) is 54.5 Å². The summed E-state index contributed by atoms with van der Waals surface area (Å²) >= 11 is 2.09. The molecule has 3 aliphatic rings. The molecule has 7 heteroatoms. The van der Waals surface area contributed by atoms with Crippen LogP contribution in [-0.2, 0) is 0 Å². The number of aliphatic hydroxyl groups is 1. The minimum atomic E-state index is 0.197. The molecule has 0 amide bonds. The maximum atomic E-state index is 9.61. The first kappa shape index (κ1) is 19.3. The van der Waals surface area contributed by atoms with Crippen molar-refractivity contribution in [1.29, 1.82) is 0 Å². The third-order valence-electron chi connectivity index (χ3n) is 6.60. The lowest BCUT2D eigenvalue weighted by Gasteiger charge is -2.48. The van der Waals surface area contributed by atoms with Gasteiger partial charge < -0.3 is 15.3 Å². The third-order valence-corrected chi connectivity index (χ3v) is 7.54. The molecule has 0 radical (unpaired) electrons. The number of aromatic nitrogens is 2. The number of hydrogen-bond acceptors (Lipinski definition) is 7. The summed E-state index contributed by atoms with van der Waals surface area (Å²) in [6.45, 7) is 4.57. The Morgan fingerprint density at radius 2 is 1.93 bits per heavy atom. The monoisotopic (exact) mass is 391 g/mol. The van der Waals surface area contributed by atoms with E-state index < -0.39 is 0 Å². The lowest BCUT2D eigenvalue weighted by molar-refractivity contribution is 0.0706. The molecule has 0 bridgehead atoms. The SMILES string of the molecule is OCC1CCCN1c1cc(NCC2(N3CCSCC3)CCCCC2)ncn1. The van der Waals surface area contributed by atoms with Gasteiger partial charge in [0.2, 0.25) is 0 Å². The minimum absolute atomic E-state index is 0.197. The van der Waals surface area contributed by atoms with Crippen LogP contribution in [0.2, 0.25) is 0 Å². The first-order chi connectivity index (χ1) is 13.3. The van der Waals surface area contributed by atoms with Crippen molar-refractivity contribution in [2.24, 2.45) is 0 Å². The summed E-state index contributed by atoms with van der Waals surface area (Å²) in [6.07, 6.45) is 10.5. The number of rotatable bonds is 6. The lowest BCUT2D eigenvalue weighted by Crippen LogP contribution is -2.57. The Morgan fingerprint density at radius 3 is 2.70 bits per heavy atom. The van der Waals surface area contributed by atoms with Crippen LogP contribution in [-0.4, -0.2) is 75.8 Å². The zero-order valence-corrected chi connectivity index (χ0v) is 17.1. The van der Waals surface area contributed by atoms with Crippen molar-refractivity contribution in [3.63, 3.8) is 0 Å². The van der Waals surface area contributed by atoms with Gasteiger partial charge in [0.15, 0.2) is 0 Å². The van der Waals surface area contributed by atoms with Crippen molar-refractivity contribution in [3.05, 3.63) is 12.4 Å². The molecule has 2 aliphatic heterocycles. The molecule has 1 aromatic heterocycles. The van der Waals surface area contributed by atoms with E-state index in [9.17, 15) is 5.11 Å². The lowest BCUT2D eigenvalue weighted by atomic mass is 9.80. The molecule has 1 aromatic rings. The van der Waals surface area contributed by atoms with E-state index in [0.717, 1.165) is 37.6 Å². The van der Waals surface area contributed by atoms with Gasteiger partial charge in [-0.15, -0.1) is 0 Å². The second-order valence-electron chi connectivity index (χ2n) is 8.17. The van der Waals surface area contributed by atoms with E-state index in [2.05, 4.69) is 42.9 Å². The Morgan fingerprint density at radius 1 is 1.11 bits per heavy atom. The third kappa shape index (κ3) is 4.35. The Bertz CT molecular complexity index is 604. The normalized spacial score (nSPS) is 26.3. The van der Waals surface area contributed by atoms with Gasteiger partial charge in [0, 0.05) is 49.3 Å². The van der Waals surface area contributed by atoms with E-state index in [1.165, 1.54) is 56.7 Å². The summed E-state index contributed by atoms with van der Waals surface area (Å²) in [5.74, 6) is 4.38. The minimum Gasteiger partial charge on any atom is -0.394 e. The second kappa shape index (κ2) is 8.97. The summed E-state index contributed by atoms with van der Waals surface area (Å²) in [6, 6.07) is 2.26. The number of aliphatic hydroxyl groups excluding tert-OH is 1. The Kier molecular flexibility index (Phi) is 6.40. The molecule has 1 aliphatic carbocycles. The van der Waals surface area contributed by atoms with Crippen LogP contribution in [0.3, 0.4) is 0 Å².